The third kappa shape index (κ3) is 4.33. The van der Waals surface area contributed by atoms with Gasteiger partial charge in [-0.2, -0.15) is 0 Å². The molecule has 4 rings (SSSR count). The lowest BCUT2D eigenvalue weighted by Crippen LogP contribution is -2.33. The van der Waals surface area contributed by atoms with Crippen molar-refractivity contribution in [2.24, 2.45) is 0 Å². The number of amides is 1. The maximum atomic E-state index is 13.2. The number of benzene rings is 2. The maximum Gasteiger partial charge on any atom is 0.295 e. The van der Waals surface area contributed by atoms with Crippen LogP contribution in [0.1, 0.15) is 31.0 Å². The number of methoxy groups -OCH3 is 1. The summed E-state index contributed by atoms with van der Waals surface area (Å²) in [5.74, 6) is -0.389. The van der Waals surface area contributed by atoms with Gasteiger partial charge in [0.25, 0.3) is 11.7 Å². The van der Waals surface area contributed by atoms with E-state index >= 15 is 0 Å². The number of hydrogen-bond acceptors (Lipinski definition) is 7. The summed E-state index contributed by atoms with van der Waals surface area (Å²) < 4.78 is 16.9. The summed E-state index contributed by atoms with van der Waals surface area (Å²) in [7, 11) is 3.47. The second-order valence-electron chi connectivity index (χ2n) is 8.64. The molecule has 0 saturated carbocycles. The summed E-state index contributed by atoms with van der Waals surface area (Å²) >= 11 is 0. The number of nitrogens with zero attached hydrogens (tertiary/aromatic N) is 2. The number of likely N-dealkylation sites (N-methyl/N-ethyl adjacent to an activating group) is 1. The summed E-state index contributed by atoms with van der Waals surface area (Å²) in [4.78, 5) is 29.8. The van der Waals surface area contributed by atoms with Gasteiger partial charge in [-0.3, -0.25) is 9.59 Å². The lowest BCUT2D eigenvalue weighted by atomic mass is 9.94. The van der Waals surface area contributed by atoms with Crippen LogP contribution in [0.4, 0.5) is 5.69 Å². The molecule has 1 saturated heterocycles. The Labute approximate surface area is 199 Å². The van der Waals surface area contributed by atoms with Crippen molar-refractivity contribution in [3.05, 3.63) is 59.2 Å². The lowest BCUT2D eigenvalue weighted by Gasteiger charge is -2.28. The second-order valence-corrected chi connectivity index (χ2v) is 8.64. The molecule has 34 heavy (non-hydrogen) atoms. The first-order valence-corrected chi connectivity index (χ1v) is 11.3. The van der Waals surface area contributed by atoms with E-state index < -0.39 is 17.7 Å². The molecule has 1 N–H and O–H groups in total. The van der Waals surface area contributed by atoms with E-state index in [1.807, 2.05) is 44.0 Å². The van der Waals surface area contributed by atoms with Crippen LogP contribution < -0.4 is 14.4 Å². The molecule has 180 valence electrons. The Balaban J connectivity index is 1.87. The zero-order valence-corrected chi connectivity index (χ0v) is 19.9. The van der Waals surface area contributed by atoms with Gasteiger partial charge in [-0.1, -0.05) is 18.2 Å². The molecule has 2 heterocycles. The highest BCUT2D eigenvalue weighted by molar-refractivity contribution is 6.46. The van der Waals surface area contributed by atoms with Gasteiger partial charge in [0.2, 0.25) is 0 Å². The molecule has 1 atom stereocenters. The van der Waals surface area contributed by atoms with E-state index in [1.165, 1.54) is 12.0 Å². The Morgan fingerprint density at radius 2 is 1.97 bits per heavy atom. The van der Waals surface area contributed by atoms with Crippen molar-refractivity contribution >= 4 is 23.1 Å². The molecule has 8 heteroatoms. The van der Waals surface area contributed by atoms with E-state index in [2.05, 4.69) is 0 Å². The van der Waals surface area contributed by atoms with Gasteiger partial charge < -0.3 is 29.1 Å². The average molecular weight is 467 g/mol. The molecule has 0 bridgehead atoms. The smallest absolute Gasteiger partial charge is 0.295 e. The third-order valence-electron chi connectivity index (χ3n) is 5.98. The van der Waals surface area contributed by atoms with Crippen molar-refractivity contribution in [1.29, 1.82) is 0 Å². The molecule has 2 aliphatic rings. The molecule has 1 fully saturated rings. The second kappa shape index (κ2) is 9.77. The summed E-state index contributed by atoms with van der Waals surface area (Å²) in [5, 5.41) is 11.4. The normalized spacial score (nSPS) is 19.4. The minimum absolute atomic E-state index is 0.0280. The van der Waals surface area contributed by atoms with Crippen LogP contribution in [0.5, 0.6) is 11.5 Å². The van der Waals surface area contributed by atoms with Gasteiger partial charge in [0.15, 0.2) is 0 Å². The van der Waals surface area contributed by atoms with Gasteiger partial charge in [-0.25, -0.2) is 0 Å². The van der Waals surface area contributed by atoms with Crippen LogP contribution in [-0.2, 0) is 14.3 Å². The fourth-order valence-corrected chi connectivity index (χ4v) is 4.34. The van der Waals surface area contributed by atoms with Crippen molar-refractivity contribution in [1.82, 2.24) is 4.90 Å². The Bertz CT molecular complexity index is 1130. The number of fused-ring (bicyclic) bond motifs is 1. The van der Waals surface area contributed by atoms with E-state index in [0.717, 1.165) is 5.69 Å². The number of aliphatic hydroxyl groups excluding tert-OH is 1. The van der Waals surface area contributed by atoms with Crippen LogP contribution >= 0.6 is 0 Å². The summed E-state index contributed by atoms with van der Waals surface area (Å²) in [6.07, 6.45) is -0.112. The number of likely N-dealkylation sites (tertiary alicyclic amines) is 1. The monoisotopic (exact) mass is 466 g/mol. The molecule has 1 unspecified atom stereocenters. The van der Waals surface area contributed by atoms with Crippen molar-refractivity contribution in [3.8, 4) is 11.5 Å². The van der Waals surface area contributed by atoms with Crippen molar-refractivity contribution < 1.29 is 28.9 Å². The van der Waals surface area contributed by atoms with E-state index in [4.69, 9.17) is 14.2 Å². The van der Waals surface area contributed by atoms with Gasteiger partial charge in [0.05, 0.1) is 36.6 Å². The van der Waals surface area contributed by atoms with E-state index in [0.29, 0.717) is 35.8 Å². The number of aliphatic hydroxyl groups is 1. The topological polar surface area (TPSA) is 88.5 Å². The first-order chi connectivity index (χ1) is 16.3. The number of ether oxygens (including phenoxy) is 3. The Hall–Kier alpha value is -3.52. The van der Waals surface area contributed by atoms with E-state index in [-0.39, 0.29) is 30.6 Å². The molecular formula is C26H30N2O6. The number of ketones is 1. The first kappa shape index (κ1) is 23.6. The fraction of sp³-hybridized carbons (Fsp3) is 0.385. The molecule has 0 radical (unpaired) electrons. The van der Waals surface area contributed by atoms with E-state index in [1.54, 1.807) is 24.3 Å². The zero-order chi connectivity index (χ0) is 24.4. The Morgan fingerprint density at radius 3 is 2.71 bits per heavy atom. The number of anilines is 1. The predicted molar refractivity (Wildman–Crippen MR) is 128 cm³/mol. The van der Waals surface area contributed by atoms with Crippen molar-refractivity contribution in [2.75, 3.05) is 45.4 Å². The Kier molecular flexibility index (Phi) is 6.79. The van der Waals surface area contributed by atoms with Crippen LogP contribution in [-0.4, -0.2) is 68.3 Å². The number of carbonyl (C=O) groups excluding carboxylic acids is 2. The fourth-order valence-electron chi connectivity index (χ4n) is 4.34. The molecule has 2 aliphatic heterocycles. The standard InChI is InChI=1S/C26H30N2O6/c1-16(2)34-20-8-6-5-7-18(20)23-22(25(30)26(31)28(23)12-13-32-4)24(29)17-9-10-21-19(15-17)27(3)11-14-33-21/h5-10,15-16,23,29H,11-14H2,1-4H3/b24-22+. The summed E-state index contributed by atoms with van der Waals surface area (Å²) in [6, 6.07) is 11.7. The van der Waals surface area contributed by atoms with Gasteiger partial charge in [0, 0.05) is 31.8 Å². The first-order valence-electron chi connectivity index (χ1n) is 11.3. The number of para-hydroxylation sites is 1. The van der Waals surface area contributed by atoms with Crippen molar-refractivity contribution in [3.63, 3.8) is 0 Å². The van der Waals surface area contributed by atoms with Crippen LogP contribution in [0, 0.1) is 0 Å². The van der Waals surface area contributed by atoms with Crippen LogP contribution in [0.25, 0.3) is 5.76 Å². The van der Waals surface area contributed by atoms with Gasteiger partial charge in [-0.05, 0) is 38.1 Å². The molecule has 0 aromatic heterocycles. The molecular weight excluding hydrogens is 436 g/mol. The highest BCUT2D eigenvalue weighted by Crippen LogP contribution is 2.43. The predicted octanol–water partition coefficient (Wildman–Crippen LogP) is 3.37. The summed E-state index contributed by atoms with van der Waals surface area (Å²) in [6.45, 7) is 5.54. The van der Waals surface area contributed by atoms with Gasteiger partial charge >= 0.3 is 0 Å². The molecule has 2 aromatic rings. The maximum absolute atomic E-state index is 13.2. The molecule has 0 aliphatic carbocycles. The molecule has 0 spiro atoms. The number of rotatable bonds is 7. The number of hydrogen-bond donors (Lipinski definition) is 1. The number of carbonyl (C=O) groups is 2. The largest absolute Gasteiger partial charge is 0.507 e. The van der Waals surface area contributed by atoms with Gasteiger partial charge in [-0.15, -0.1) is 0 Å². The highest BCUT2D eigenvalue weighted by Gasteiger charge is 2.47. The van der Waals surface area contributed by atoms with Crippen LogP contribution in [0.15, 0.2) is 48.0 Å². The minimum Gasteiger partial charge on any atom is -0.507 e. The molecule has 2 aromatic carbocycles. The molecule has 8 nitrogen and oxygen atoms in total. The van der Waals surface area contributed by atoms with E-state index in [9.17, 15) is 14.7 Å². The van der Waals surface area contributed by atoms with Gasteiger partial charge in [0.1, 0.15) is 23.9 Å². The SMILES string of the molecule is COCCN1C(=O)C(=O)/C(=C(/O)c2ccc3c(c2)N(C)CCO3)C1c1ccccc1OC(C)C. The lowest BCUT2D eigenvalue weighted by molar-refractivity contribution is -0.140. The van der Waals surface area contributed by atoms with Crippen molar-refractivity contribution in [2.45, 2.75) is 26.0 Å². The number of Topliss-reactive ketones (excluding diaryl/α,β-unsaturated/α-hetero) is 1. The minimum atomic E-state index is -0.810. The third-order valence-corrected chi connectivity index (χ3v) is 5.98. The van der Waals surface area contributed by atoms with Crippen LogP contribution in [0.3, 0.4) is 0 Å². The Morgan fingerprint density at radius 1 is 1.21 bits per heavy atom. The quantitative estimate of drug-likeness (QED) is 0.380. The summed E-state index contributed by atoms with van der Waals surface area (Å²) in [5.41, 5.74) is 1.91. The molecule has 1 amide bonds. The average Bonchev–Trinajstić information content (AvgIpc) is 3.07. The van der Waals surface area contributed by atoms with Crippen LogP contribution in [0.2, 0.25) is 0 Å². The highest BCUT2D eigenvalue weighted by atomic mass is 16.5. The zero-order valence-electron chi connectivity index (χ0n) is 19.9.